The molecule has 4 aromatic rings. The maximum Gasteiger partial charge on any atom is 0.277 e. The Kier molecular flexibility index (Phi) is 6.76. The van der Waals surface area contributed by atoms with Gasteiger partial charge in [-0.3, -0.25) is 9.52 Å². The van der Waals surface area contributed by atoms with Crippen molar-refractivity contribution in [3.63, 3.8) is 0 Å². The van der Waals surface area contributed by atoms with Crippen molar-refractivity contribution in [1.82, 2.24) is 10.2 Å². The van der Waals surface area contributed by atoms with Crippen LogP contribution in [0.25, 0.3) is 11.5 Å². The Balaban J connectivity index is 1.39. The van der Waals surface area contributed by atoms with Crippen molar-refractivity contribution in [2.75, 3.05) is 17.6 Å². The zero-order valence-corrected chi connectivity index (χ0v) is 19.1. The molecule has 0 spiro atoms. The van der Waals surface area contributed by atoms with Gasteiger partial charge in [0.2, 0.25) is 5.89 Å². The number of benzene rings is 3. The first kappa shape index (κ1) is 22.6. The lowest BCUT2D eigenvalue weighted by molar-refractivity contribution is 0.102. The molecule has 168 valence electrons. The van der Waals surface area contributed by atoms with Gasteiger partial charge in [-0.1, -0.05) is 42.1 Å². The SMILES string of the molecule is COc1ccc(S(=O)(=O)Nc2ccc(-c3nnc(SCC(=O)c4ccccc4)o3)cc2)cc1. The van der Waals surface area contributed by atoms with Gasteiger partial charge in [0.15, 0.2) is 5.78 Å². The lowest BCUT2D eigenvalue weighted by Crippen LogP contribution is -2.12. The average Bonchev–Trinajstić information content (AvgIpc) is 3.32. The third kappa shape index (κ3) is 5.60. The minimum atomic E-state index is -3.74. The van der Waals surface area contributed by atoms with Crippen molar-refractivity contribution >= 4 is 33.3 Å². The molecule has 0 aliphatic carbocycles. The van der Waals surface area contributed by atoms with Gasteiger partial charge in [-0.25, -0.2) is 8.42 Å². The van der Waals surface area contributed by atoms with Crippen LogP contribution in [-0.2, 0) is 10.0 Å². The van der Waals surface area contributed by atoms with Crippen LogP contribution in [0.3, 0.4) is 0 Å². The zero-order valence-electron chi connectivity index (χ0n) is 17.5. The van der Waals surface area contributed by atoms with Crippen LogP contribution < -0.4 is 9.46 Å². The van der Waals surface area contributed by atoms with Crippen molar-refractivity contribution in [2.45, 2.75) is 10.1 Å². The molecule has 0 saturated carbocycles. The van der Waals surface area contributed by atoms with Crippen molar-refractivity contribution in [2.24, 2.45) is 0 Å². The normalized spacial score (nSPS) is 11.2. The third-order valence-electron chi connectivity index (χ3n) is 4.58. The van der Waals surface area contributed by atoms with Crippen molar-refractivity contribution in [1.29, 1.82) is 0 Å². The van der Waals surface area contributed by atoms with Gasteiger partial charge in [-0.15, -0.1) is 10.2 Å². The molecular formula is C23H19N3O5S2. The van der Waals surface area contributed by atoms with E-state index in [2.05, 4.69) is 14.9 Å². The standard InChI is InChI=1S/C23H19N3O5S2/c1-30-19-11-13-20(14-12-19)33(28,29)26-18-9-7-17(8-10-18)22-24-25-23(31-22)32-15-21(27)16-5-3-2-4-6-16/h2-14,26H,15H2,1H3. The first-order valence-corrected chi connectivity index (χ1v) is 12.2. The second-order valence-electron chi connectivity index (χ2n) is 6.81. The average molecular weight is 482 g/mol. The third-order valence-corrected chi connectivity index (χ3v) is 6.80. The van der Waals surface area contributed by atoms with Crippen LogP contribution in [0.4, 0.5) is 5.69 Å². The van der Waals surface area contributed by atoms with E-state index in [4.69, 9.17) is 9.15 Å². The van der Waals surface area contributed by atoms with Crippen LogP contribution in [0.15, 0.2) is 93.4 Å². The number of carbonyl (C=O) groups is 1. The van der Waals surface area contributed by atoms with E-state index < -0.39 is 10.0 Å². The number of hydrogen-bond acceptors (Lipinski definition) is 8. The summed E-state index contributed by atoms with van der Waals surface area (Å²) in [4.78, 5) is 12.3. The summed E-state index contributed by atoms with van der Waals surface area (Å²) in [6, 6.07) is 21.6. The summed E-state index contributed by atoms with van der Waals surface area (Å²) >= 11 is 1.16. The summed E-state index contributed by atoms with van der Waals surface area (Å²) in [5.74, 6) is 0.987. The highest BCUT2D eigenvalue weighted by molar-refractivity contribution is 7.99. The number of anilines is 1. The number of nitrogens with zero attached hydrogens (tertiary/aromatic N) is 2. The van der Waals surface area contributed by atoms with Gasteiger partial charge in [-0.05, 0) is 48.5 Å². The Morgan fingerprint density at radius 1 is 0.970 bits per heavy atom. The predicted molar refractivity (Wildman–Crippen MR) is 125 cm³/mol. The maximum absolute atomic E-state index is 12.6. The molecular weight excluding hydrogens is 462 g/mol. The number of methoxy groups -OCH3 is 1. The van der Waals surface area contributed by atoms with E-state index in [0.717, 1.165) is 11.8 Å². The van der Waals surface area contributed by atoms with Crippen LogP contribution in [0.2, 0.25) is 0 Å². The number of aromatic nitrogens is 2. The first-order valence-electron chi connectivity index (χ1n) is 9.76. The molecule has 0 bridgehead atoms. The van der Waals surface area contributed by atoms with E-state index in [-0.39, 0.29) is 27.5 Å². The van der Waals surface area contributed by atoms with Crippen molar-refractivity contribution in [3.05, 3.63) is 84.4 Å². The number of rotatable bonds is 9. The molecule has 33 heavy (non-hydrogen) atoms. The Morgan fingerprint density at radius 2 is 1.67 bits per heavy atom. The van der Waals surface area contributed by atoms with Gasteiger partial charge in [0.1, 0.15) is 5.75 Å². The molecule has 0 radical (unpaired) electrons. The summed E-state index contributed by atoms with van der Waals surface area (Å²) in [5, 5.41) is 8.25. The Labute approximate surface area is 195 Å². The van der Waals surface area contributed by atoms with E-state index in [1.165, 1.54) is 19.2 Å². The summed E-state index contributed by atoms with van der Waals surface area (Å²) in [5.41, 5.74) is 1.63. The minimum Gasteiger partial charge on any atom is -0.497 e. The molecule has 10 heteroatoms. The van der Waals surface area contributed by atoms with Gasteiger partial charge >= 0.3 is 0 Å². The molecule has 1 N–H and O–H groups in total. The highest BCUT2D eigenvalue weighted by Gasteiger charge is 2.16. The molecule has 0 unspecified atom stereocenters. The smallest absolute Gasteiger partial charge is 0.277 e. The van der Waals surface area contributed by atoms with Gasteiger partial charge in [0.25, 0.3) is 15.2 Å². The zero-order chi connectivity index (χ0) is 23.3. The van der Waals surface area contributed by atoms with Gasteiger partial charge in [-0.2, -0.15) is 0 Å². The highest BCUT2D eigenvalue weighted by atomic mass is 32.2. The van der Waals surface area contributed by atoms with E-state index in [9.17, 15) is 13.2 Å². The minimum absolute atomic E-state index is 0.0335. The van der Waals surface area contributed by atoms with Gasteiger partial charge in [0.05, 0.1) is 17.8 Å². The Bertz CT molecular complexity index is 1340. The van der Waals surface area contributed by atoms with Crippen LogP contribution >= 0.6 is 11.8 Å². The fourth-order valence-corrected chi connectivity index (χ4v) is 4.59. The second-order valence-corrected chi connectivity index (χ2v) is 9.42. The van der Waals surface area contributed by atoms with Gasteiger partial charge in [0, 0.05) is 16.8 Å². The predicted octanol–water partition coefficient (Wildman–Crippen LogP) is 4.52. The van der Waals surface area contributed by atoms with Crippen LogP contribution in [-0.4, -0.2) is 37.3 Å². The molecule has 4 rings (SSSR count). The first-order chi connectivity index (χ1) is 15.9. The fraction of sp³-hybridized carbons (Fsp3) is 0.0870. The van der Waals surface area contributed by atoms with Gasteiger partial charge < -0.3 is 9.15 Å². The number of thioether (sulfide) groups is 1. The van der Waals surface area contributed by atoms with Crippen LogP contribution in [0, 0.1) is 0 Å². The van der Waals surface area contributed by atoms with E-state index in [1.807, 2.05) is 18.2 Å². The summed E-state index contributed by atoms with van der Waals surface area (Å²) in [7, 11) is -2.23. The molecule has 0 amide bonds. The number of sulfonamides is 1. The fourth-order valence-electron chi connectivity index (χ4n) is 2.87. The highest BCUT2D eigenvalue weighted by Crippen LogP contribution is 2.26. The van der Waals surface area contributed by atoms with E-state index >= 15 is 0 Å². The quantitative estimate of drug-likeness (QED) is 0.274. The molecule has 0 aliphatic heterocycles. The molecule has 1 aromatic heterocycles. The van der Waals surface area contributed by atoms with Crippen molar-refractivity contribution < 1.29 is 22.4 Å². The summed E-state index contributed by atoms with van der Waals surface area (Å²) < 4.78 is 38.3. The number of carbonyl (C=O) groups excluding carboxylic acids is 1. The van der Waals surface area contributed by atoms with Crippen LogP contribution in [0.5, 0.6) is 5.75 Å². The Hall–Kier alpha value is -3.63. The monoisotopic (exact) mass is 481 g/mol. The molecule has 0 atom stereocenters. The number of ether oxygens (including phenoxy) is 1. The second kappa shape index (κ2) is 9.88. The topological polar surface area (TPSA) is 111 Å². The van der Waals surface area contributed by atoms with E-state index in [1.54, 1.807) is 48.5 Å². The molecule has 0 fully saturated rings. The molecule has 3 aromatic carbocycles. The number of hydrogen-bond donors (Lipinski definition) is 1. The van der Waals surface area contributed by atoms with E-state index in [0.29, 0.717) is 22.6 Å². The Morgan fingerprint density at radius 3 is 2.33 bits per heavy atom. The lowest BCUT2D eigenvalue weighted by Gasteiger charge is -2.09. The number of ketones is 1. The maximum atomic E-state index is 12.6. The largest absolute Gasteiger partial charge is 0.497 e. The number of Topliss-reactive ketones (excluding diaryl/α,β-unsaturated/α-hetero) is 1. The molecule has 0 saturated heterocycles. The molecule has 1 heterocycles. The van der Waals surface area contributed by atoms with Crippen LogP contribution in [0.1, 0.15) is 10.4 Å². The number of nitrogens with one attached hydrogen (secondary N) is 1. The molecule has 0 aliphatic rings. The lowest BCUT2D eigenvalue weighted by atomic mass is 10.2. The molecule has 8 nitrogen and oxygen atoms in total. The van der Waals surface area contributed by atoms with Crippen molar-refractivity contribution in [3.8, 4) is 17.2 Å². The summed E-state index contributed by atoms with van der Waals surface area (Å²) in [6.07, 6.45) is 0. The summed E-state index contributed by atoms with van der Waals surface area (Å²) in [6.45, 7) is 0.